The topological polar surface area (TPSA) is 67.4 Å². The molecular weight excluding hydrogens is 268 g/mol. The minimum atomic E-state index is -0.201. The number of benzene rings is 1. The average molecular weight is 290 g/mol. The average Bonchev–Trinajstić information content (AvgIpc) is 2.46. The predicted molar refractivity (Wildman–Crippen MR) is 81.6 cm³/mol. The highest BCUT2D eigenvalue weighted by atomic mass is 16.5. The van der Waals surface area contributed by atoms with Gasteiger partial charge < -0.3 is 15.4 Å². The first-order valence-electron chi connectivity index (χ1n) is 7.47. The van der Waals surface area contributed by atoms with Crippen LogP contribution >= 0.6 is 0 Å². The lowest BCUT2D eigenvalue weighted by Gasteiger charge is -2.19. The third-order valence-electron chi connectivity index (χ3n) is 3.49. The third kappa shape index (κ3) is 4.21. The first-order valence-corrected chi connectivity index (χ1v) is 7.47. The maximum atomic E-state index is 12.2. The van der Waals surface area contributed by atoms with Gasteiger partial charge in [0.25, 0.3) is 11.8 Å². The Hall–Kier alpha value is -2.04. The van der Waals surface area contributed by atoms with E-state index in [1.54, 1.807) is 18.2 Å². The molecule has 2 rings (SSSR count). The van der Waals surface area contributed by atoms with Crippen molar-refractivity contribution in [3.8, 4) is 5.75 Å². The first kappa shape index (κ1) is 15.4. The van der Waals surface area contributed by atoms with Crippen molar-refractivity contribution in [2.75, 3.05) is 11.9 Å². The van der Waals surface area contributed by atoms with Crippen molar-refractivity contribution in [3.05, 3.63) is 23.8 Å². The largest absolute Gasteiger partial charge is 0.482 e. The number of carbonyl (C=O) groups excluding carboxylic acids is 2. The fourth-order valence-corrected chi connectivity index (χ4v) is 2.30. The standard InChI is InChI=1S/C16H22N2O3/c1-3-4-5-6-11(2)17-16(20)12-7-8-14-13(9-12)18-15(19)10-21-14/h7-9,11H,3-6,10H2,1-2H3,(H,17,20)(H,18,19). The highest BCUT2D eigenvalue weighted by Crippen LogP contribution is 2.28. The Morgan fingerprint density at radius 2 is 2.24 bits per heavy atom. The molecule has 1 unspecified atom stereocenters. The molecule has 1 aliphatic rings. The zero-order chi connectivity index (χ0) is 15.2. The van der Waals surface area contributed by atoms with Gasteiger partial charge in [0.05, 0.1) is 5.69 Å². The Bertz CT molecular complexity index is 528. The van der Waals surface area contributed by atoms with Crippen LogP contribution in [-0.2, 0) is 4.79 Å². The molecule has 0 spiro atoms. The zero-order valence-corrected chi connectivity index (χ0v) is 12.6. The fourth-order valence-electron chi connectivity index (χ4n) is 2.30. The van der Waals surface area contributed by atoms with Crippen LogP contribution in [0.1, 0.15) is 49.9 Å². The number of hydrogen-bond acceptors (Lipinski definition) is 3. The summed E-state index contributed by atoms with van der Waals surface area (Å²) in [6.07, 6.45) is 4.45. The van der Waals surface area contributed by atoms with Crippen LogP contribution < -0.4 is 15.4 Å². The Morgan fingerprint density at radius 3 is 3.00 bits per heavy atom. The quantitative estimate of drug-likeness (QED) is 0.792. The monoisotopic (exact) mass is 290 g/mol. The highest BCUT2D eigenvalue weighted by molar-refractivity contribution is 5.99. The van der Waals surface area contributed by atoms with E-state index in [4.69, 9.17) is 4.74 Å². The van der Waals surface area contributed by atoms with Crippen LogP contribution in [0.2, 0.25) is 0 Å². The van der Waals surface area contributed by atoms with E-state index >= 15 is 0 Å². The first-order chi connectivity index (χ1) is 10.1. The number of carbonyl (C=O) groups is 2. The summed E-state index contributed by atoms with van der Waals surface area (Å²) < 4.78 is 5.27. The maximum absolute atomic E-state index is 12.2. The molecule has 1 atom stereocenters. The second-order valence-electron chi connectivity index (χ2n) is 5.42. The van der Waals surface area contributed by atoms with Gasteiger partial charge >= 0.3 is 0 Å². The molecule has 0 bridgehead atoms. The van der Waals surface area contributed by atoms with Crippen LogP contribution in [0.15, 0.2) is 18.2 Å². The molecule has 1 aromatic carbocycles. The molecule has 5 nitrogen and oxygen atoms in total. The highest BCUT2D eigenvalue weighted by Gasteiger charge is 2.18. The minimum Gasteiger partial charge on any atom is -0.482 e. The molecule has 0 aromatic heterocycles. The van der Waals surface area contributed by atoms with E-state index in [1.807, 2.05) is 6.92 Å². The zero-order valence-electron chi connectivity index (χ0n) is 12.6. The van der Waals surface area contributed by atoms with Crippen molar-refractivity contribution >= 4 is 17.5 Å². The van der Waals surface area contributed by atoms with Crippen LogP contribution in [0.3, 0.4) is 0 Å². The van der Waals surface area contributed by atoms with Crippen LogP contribution in [0.25, 0.3) is 0 Å². The second kappa shape index (κ2) is 7.11. The summed E-state index contributed by atoms with van der Waals surface area (Å²) in [7, 11) is 0. The van der Waals surface area contributed by atoms with Gasteiger partial charge in [0.1, 0.15) is 5.75 Å². The van der Waals surface area contributed by atoms with Gasteiger partial charge in [-0.05, 0) is 31.5 Å². The Morgan fingerprint density at radius 1 is 1.43 bits per heavy atom. The lowest BCUT2D eigenvalue weighted by Crippen LogP contribution is -2.32. The molecule has 1 aromatic rings. The summed E-state index contributed by atoms with van der Waals surface area (Å²) in [5, 5.41) is 5.69. The van der Waals surface area contributed by atoms with E-state index in [0.29, 0.717) is 17.0 Å². The minimum absolute atomic E-state index is 0.0208. The lowest BCUT2D eigenvalue weighted by molar-refractivity contribution is -0.118. The number of nitrogens with one attached hydrogen (secondary N) is 2. The summed E-state index contributed by atoms with van der Waals surface area (Å²) in [5.41, 5.74) is 1.08. The van der Waals surface area contributed by atoms with Crippen LogP contribution in [0.5, 0.6) is 5.75 Å². The van der Waals surface area contributed by atoms with Crippen molar-refractivity contribution in [3.63, 3.8) is 0 Å². The van der Waals surface area contributed by atoms with E-state index in [2.05, 4.69) is 17.6 Å². The fraction of sp³-hybridized carbons (Fsp3) is 0.500. The molecule has 2 amide bonds. The molecule has 0 fully saturated rings. The molecular formula is C16H22N2O3. The van der Waals surface area contributed by atoms with Gasteiger partial charge in [0.15, 0.2) is 6.61 Å². The molecule has 5 heteroatoms. The van der Waals surface area contributed by atoms with Gasteiger partial charge in [-0.3, -0.25) is 9.59 Å². The molecule has 0 saturated heterocycles. The third-order valence-corrected chi connectivity index (χ3v) is 3.49. The number of anilines is 1. The van der Waals surface area contributed by atoms with Gasteiger partial charge in [-0.25, -0.2) is 0 Å². The van der Waals surface area contributed by atoms with Crippen molar-refractivity contribution in [1.29, 1.82) is 0 Å². The maximum Gasteiger partial charge on any atom is 0.262 e. The molecule has 1 heterocycles. The van der Waals surface area contributed by atoms with E-state index < -0.39 is 0 Å². The van der Waals surface area contributed by atoms with Crippen molar-refractivity contribution in [2.24, 2.45) is 0 Å². The van der Waals surface area contributed by atoms with Crippen molar-refractivity contribution < 1.29 is 14.3 Å². The smallest absolute Gasteiger partial charge is 0.262 e. The van der Waals surface area contributed by atoms with Gasteiger partial charge in [-0.2, -0.15) is 0 Å². The lowest BCUT2D eigenvalue weighted by atomic mass is 10.1. The normalized spacial score (nSPS) is 14.7. The Kier molecular flexibility index (Phi) is 5.20. The predicted octanol–water partition coefficient (Wildman–Crippen LogP) is 2.72. The van der Waals surface area contributed by atoms with Crippen molar-refractivity contribution in [2.45, 2.75) is 45.6 Å². The summed E-state index contributed by atoms with van der Waals surface area (Å²) in [4.78, 5) is 23.5. The summed E-state index contributed by atoms with van der Waals surface area (Å²) in [6.45, 7) is 4.19. The van der Waals surface area contributed by atoms with E-state index in [-0.39, 0.29) is 24.5 Å². The SMILES string of the molecule is CCCCCC(C)NC(=O)c1ccc2c(c1)NC(=O)CO2. The van der Waals surface area contributed by atoms with Gasteiger partial charge in [-0.15, -0.1) is 0 Å². The number of hydrogen-bond donors (Lipinski definition) is 2. The van der Waals surface area contributed by atoms with Gasteiger partial charge in [-0.1, -0.05) is 26.2 Å². The number of unbranched alkanes of at least 4 members (excludes halogenated alkanes) is 2. The van der Waals surface area contributed by atoms with Crippen molar-refractivity contribution in [1.82, 2.24) is 5.32 Å². The summed E-state index contributed by atoms with van der Waals surface area (Å²) in [5.74, 6) is 0.275. The van der Waals surface area contributed by atoms with Gasteiger partial charge in [0.2, 0.25) is 0 Å². The molecule has 114 valence electrons. The molecule has 1 aliphatic heterocycles. The van der Waals surface area contributed by atoms with Crippen LogP contribution in [0, 0.1) is 0 Å². The molecule has 21 heavy (non-hydrogen) atoms. The van der Waals surface area contributed by atoms with E-state index in [1.165, 1.54) is 12.8 Å². The summed E-state index contributed by atoms with van der Waals surface area (Å²) in [6, 6.07) is 5.22. The molecule has 0 aliphatic carbocycles. The van der Waals surface area contributed by atoms with Gasteiger partial charge in [0, 0.05) is 11.6 Å². The second-order valence-corrected chi connectivity index (χ2v) is 5.42. The molecule has 0 radical (unpaired) electrons. The Balaban J connectivity index is 1.96. The number of fused-ring (bicyclic) bond motifs is 1. The van der Waals surface area contributed by atoms with E-state index in [0.717, 1.165) is 12.8 Å². The van der Waals surface area contributed by atoms with Crippen LogP contribution in [0.4, 0.5) is 5.69 Å². The van der Waals surface area contributed by atoms with Crippen LogP contribution in [-0.4, -0.2) is 24.5 Å². The number of rotatable bonds is 6. The number of amides is 2. The Labute approximate surface area is 125 Å². The van der Waals surface area contributed by atoms with E-state index in [9.17, 15) is 9.59 Å². The number of ether oxygens (including phenoxy) is 1. The molecule has 2 N–H and O–H groups in total. The summed E-state index contributed by atoms with van der Waals surface area (Å²) >= 11 is 0. The molecule has 0 saturated carbocycles.